The van der Waals surface area contributed by atoms with Crippen LogP contribution < -0.4 is 5.32 Å². The highest BCUT2D eigenvalue weighted by Gasteiger charge is 2.23. The lowest BCUT2D eigenvalue weighted by molar-refractivity contribution is -0.123. The lowest BCUT2D eigenvalue weighted by Gasteiger charge is -2.14. The number of carbonyl (C=O) groups is 2. The van der Waals surface area contributed by atoms with Crippen LogP contribution in [-0.2, 0) is 9.53 Å². The minimum absolute atomic E-state index is 0.316. The highest BCUT2D eigenvalue weighted by molar-refractivity contribution is 9.10. The third-order valence-electron chi connectivity index (χ3n) is 6.18. The molecule has 0 radical (unpaired) electrons. The molecule has 9 heteroatoms. The van der Waals surface area contributed by atoms with Gasteiger partial charge in [-0.3, -0.25) is 10.1 Å². The summed E-state index contributed by atoms with van der Waals surface area (Å²) >= 11 is 4.72. The molecule has 0 spiro atoms. The van der Waals surface area contributed by atoms with E-state index in [1.165, 1.54) is 18.3 Å². The Morgan fingerprint density at radius 3 is 2.51 bits per heavy atom. The smallest absolute Gasteiger partial charge is 0.339 e. The van der Waals surface area contributed by atoms with E-state index < -0.39 is 18.0 Å². The Bertz CT molecular complexity index is 1810. The molecule has 39 heavy (non-hydrogen) atoms. The highest BCUT2D eigenvalue weighted by Crippen LogP contribution is 2.33. The molecule has 0 saturated carbocycles. The molecule has 2 heterocycles. The Morgan fingerprint density at radius 2 is 1.72 bits per heavy atom. The van der Waals surface area contributed by atoms with E-state index in [4.69, 9.17) is 9.15 Å². The molecule has 0 saturated heterocycles. The fraction of sp³-hybridized carbons (Fsp3) is 0.0667. The summed E-state index contributed by atoms with van der Waals surface area (Å²) in [6.45, 7) is 1.53. The predicted molar refractivity (Wildman–Crippen MR) is 156 cm³/mol. The molecule has 0 aliphatic rings. The Kier molecular flexibility index (Phi) is 6.68. The standard InChI is InChI=1S/C30H20BrN3O4S/c1-17(27(35)34-30-33-24(16-39-30)18-12-14-20(31)15-13-18)37-29(36)22-9-5-7-19-6-4-8-21(26(19)22)28-32-23-10-2-3-11-25(23)38-28/h2-17H,1H3,(H,33,34,35). The largest absolute Gasteiger partial charge is 0.449 e. The molecule has 0 aliphatic carbocycles. The number of thiazole rings is 1. The number of amides is 1. The molecular formula is C30H20BrN3O4S. The SMILES string of the molecule is CC(OC(=O)c1cccc2cccc(-c3nc4ccccc4o3)c12)C(=O)Nc1nc(-c2ccc(Br)cc2)cs1. The summed E-state index contributed by atoms with van der Waals surface area (Å²) in [5, 5.41) is 6.49. The summed E-state index contributed by atoms with van der Waals surface area (Å²) in [5.41, 5.74) is 4.03. The molecule has 0 bridgehead atoms. The van der Waals surface area contributed by atoms with E-state index in [0.29, 0.717) is 33.1 Å². The van der Waals surface area contributed by atoms with Gasteiger partial charge in [0, 0.05) is 26.4 Å². The second kappa shape index (κ2) is 10.4. The monoisotopic (exact) mass is 597 g/mol. The zero-order valence-corrected chi connectivity index (χ0v) is 23.0. The molecule has 1 unspecified atom stereocenters. The van der Waals surface area contributed by atoms with Crippen molar-refractivity contribution in [2.75, 3.05) is 5.32 Å². The topological polar surface area (TPSA) is 94.3 Å². The lowest BCUT2D eigenvalue weighted by Crippen LogP contribution is -2.30. The van der Waals surface area contributed by atoms with Crippen LogP contribution in [0, 0.1) is 0 Å². The van der Waals surface area contributed by atoms with Crippen molar-refractivity contribution in [3.63, 3.8) is 0 Å². The first-order chi connectivity index (χ1) is 19.0. The molecular weight excluding hydrogens is 578 g/mol. The average molecular weight is 598 g/mol. The Labute approximate surface area is 235 Å². The molecule has 4 aromatic carbocycles. The number of oxazole rings is 1. The number of nitrogens with one attached hydrogen (secondary N) is 1. The molecule has 192 valence electrons. The summed E-state index contributed by atoms with van der Waals surface area (Å²) in [6.07, 6.45) is -1.05. The van der Waals surface area contributed by atoms with Gasteiger partial charge in [-0.1, -0.05) is 64.5 Å². The van der Waals surface area contributed by atoms with Crippen molar-refractivity contribution in [2.24, 2.45) is 0 Å². The van der Waals surface area contributed by atoms with E-state index in [1.54, 1.807) is 12.1 Å². The Hall–Kier alpha value is -4.34. The van der Waals surface area contributed by atoms with Crippen molar-refractivity contribution in [3.05, 3.63) is 100 Å². The molecule has 6 rings (SSSR count). The highest BCUT2D eigenvalue weighted by atomic mass is 79.9. The van der Waals surface area contributed by atoms with Gasteiger partial charge in [0.05, 0.1) is 11.3 Å². The molecule has 1 N–H and O–H groups in total. The summed E-state index contributed by atoms with van der Waals surface area (Å²) < 4.78 is 12.6. The van der Waals surface area contributed by atoms with Crippen molar-refractivity contribution in [1.82, 2.24) is 9.97 Å². The predicted octanol–water partition coefficient (Wildman–Crippen LogP) is 7.72. The van der Waals surface area contributed by atoms with Crippen LogP contribution in [0.25, 0.3) is 44.6 Å². The number of nitrogens with zero attached hydrogens (tertiary/aromatic N) is 2. The normalized spacial score (nSPS) is 11.9. The van der Waals surface area contributed by atoms with Gasteiger partial charge in [-0.25, -0.2) is 14.8 Å². The fourth-order valence-electron chi connectivity index (χ4n) is 4.25. The Balaban J connectivity index is 1.23. The summed E-state index contributed by atoms with van der Waals surface area (Å²) in [4.78, 5) is 35.3. The van der Waals surface area contributed by atoms with Crippen LogP contribution in [-0.4, -0.2) is 27.9 Å². The maximum Gasteiger partial charge on any atom is 0.339 e. The molecule has 6 aromatic rings. The number of anilines is 1. The summed E-state index contributed by atoms with van der Waals surface area (Å²) in [6, 6.07) is 26.2. The minimum atomic E-state index is -1.05. The Morgan fingerprint density at radius 1 is 0.949 bits per heavy atom. The van der Waals surface area contributed by atoms with Crippen LogP contribution in [0.5, 0.6) is 0 Å². The zero-order valence-electron chi connectivity index (χ0n) is 20.6. The van der Waals surface area contributed by atoms with Crippen LogP contribution in [0.1, 0.15) is 17.3 Å². The summed E-state index contributed by atoms with van der Waals surface area (Å²) in [7, 11) is 0. The number of hydrogen-bond donors (Lipinski definition) is 1. The van der Waals surface area contributed by atoms with Crippen molar-refractivity contribution < 1.29 is 18.7 Å². The number of rotatable bonds is 6. The van der Waals surface area contributed by atoms with Crippen LogP contribution in [0.2, 0.25) is 0 Å². The van der Waals surface area contributed by atoms with E-state index in [1.807, 2.05) is 78.2 Å². The number of carbonyl (C=O) groups excluding carboxylic acids is 2. The van der Waals surface area contributed by atoms with Gasteiger partial charge in [0.15, 0.2) is 16.8 Å². The number of aromatic nitrogens is 2. The molecule has 7 nitrogen and oxygen atoms in total. The average Bonchev–Trinajstić information content (AvgIpc) is 3.60. The second-order valence-corrected chi connectivity index (χ2v) is 10.6. The van der Waals surface area contributed by atoms with Crippen molar-refractivity contribution >= 4 is 66.1 Å². The lowest BCUT2D eigenvalue weighted by atomic mass is 9.99. The number of fused-ring (bicyclic) bond motifs is 2. The molecule has 1 atom stereocenters. The van der Waals surface area contributed by atoms with E-state index in [-0.39, 0.29) is 0 Å². The van der Waals surface area contributed by atoms with Crippen LogP contribution >= 0.6 is 27.3 Å². The van der Waals surface area contributed by atoms with Crippen molar-refractivity contribution in [1.29, 1.82) is 0 Å². The third-order valence-corrected chi connectivity index (χ3v) is 7.46. The first-order valence-electron chi connectivity index (χ1n) is 12.1. The van der Waals surface area contributed by atoms with Crippen molar-refractivity contribution in [2.45, 2.75) is 13.0 Å². The molecule has 0 aliphatic heterocycles. The molecule has 1 amide bonds. The maximum absolute atomic E-state index is 13.3. The number of esters is 1. The van der Waals surface area contributed by atoms with E-state index in [2.05, 4.69) is 31.2 Å². The van der Waals surface area contributed by atoms with Gasteiger partial charge in [-0.2, -0.15) is 0 Å². The maximum atomic E-state index is 13.3. The summed E-state index contributed by atoms with van der Waals surface area (Å²) in [5.74, 6) is -0.695. The molecule has 2 aromatic heterocycles. The number of halogens is 1. The van der Waals surface area contributed by atoms with Crippen LogP contribution in [0.4, 0.5) is 5.13 Å². The van der Waals surface area contributed by atoms with E-state index in [0.717, 1.165) is 26.6 Å². The number of para-hydroxylation sites is 2. The zero-order chi connectivity index (χ0) is 26.9. The van der Waals surface area contributed by atoms with Gasteiger partial charge in [-0.05, 0) is 48.7 Å². The fourth-order valence-corrected chi connectivity index (χ4v) is 5.23. The minimum Gasteiger partial charge on any atom is -0.449 e. The van der Waals surface area contributed by atoms with Gasteiger partial charge >= 0.3 is 5.97 Å². The number of ether oxygens (including phenoxy) is 1. The number of benzene rings is 4. The second-order valence-electron chi connectivity index (χ2n) is 8.78. The van der Waals surface area contributed by atoms with Gasteiger partial charge in [0.1, 0.15) is 5.52 Å². The van der Waals surface area contributed by atoms with Gasteiger partial charge in [0.2, 0.25) is 5.89 Å². The molecule has 0 fully saturated rings. The van der Waals surface area contributed by atoms with Crippen molar-refractivity contribution in [3.8, 4) is 22.7 Å². The first-order valence-corrected chi connectivity index (χ1v) is 13.7. The van der Waals surface area contributed by atoms with E-state index >= 15 is 0 Å². The van der Waals surface area contributed by atoms with Gasteiger partial charge in [0.25, 0.3) is 5.91 Å². The van der Waals surface area contributed by atoms with Gasteiger partial charge in [-0.15, -0.1) is 11.3 Å². The van der Waals surface area contributed by atoms with E-state index in [9.17, 15) is 9.59 Å². The van der Waals surface area contributed by atoms with Gasteiger partial charge < -0.3 is 9.15 Å². The first kappa shape index (κ1) is 25.0. The third kappa shape index (κ3) is 5.06. The quantitative estimate of drug-likeness (QED) is 0.197. The van der Waals surface area contributed by atoms with Crippen LogP contribution in [0.15, 0.2) is 99.2 Å². The number of hydrogen-bond acceptors (Lipinski definition) is 7. The van der Waals surface area contributed by atoms with Crippen LogP contribution in [0.3, 0.4) is 0 Å².